The van der Waals surface area contributed by atoms with Gasteiger partial charge < -0.3 is 0 Å². The normalized spacial score (nSPS) is 7.69. The van der Waals surface area contributed by atoms with E-state index in [0.717, 1.165) is 10.5 Å². The molecule has 2 nitrogen and oxygen atoms in total. The summed E-state index contributed by atoms with van der Waals surface area (Å²) in [5.41, 5.74) is 0.891. The van der Waals surface area contributed by atoms with E-state index in [0.29, 0.717) is 0 Å². The summed E-state index contributed by atoms with van der Waals surface area (Å²) in [6, 6.07) is 1.85. The lowest BCUT2D eigenvalue weighted by atomic mass is 10.3. The average Bonchev–Trinajstić information content (AvgIpc) is 2.22. The number of rotatable bonds is 1. The lowest BCUT2D eigenvalue weighted by molar-refractivity contribution is 1.24. The van der Waals surface area contributed by atoms with Gasteiger partial charge in [-0.15, -0.1) is 5.92 Å². The molecule has 0 radical (unpaired) electrons. The molecule has 0 atom stereocenters. The van der Waals surface area contributed by atoms with E-state index in [1.54, 1.807) is 19.3 Å². The van der Waals surface area contributed by atoms with Crippen LogP contribution < -0.4 is 5.14 Å². The van der Waals surface area contributed by atoms with Crippen LogP contribution in [0.1, 0.15) is 26.3 Å². The Morgan fingerprint density at radius 1 is 1.46 bits per heavy atom. The van der Waals surface area contributed by atoms with Gasteiger partial charge in [-0.3, -0.25) is 10.1 Å². The number of nitrogens with two attached hydrogens (primary N) is 1. The van der Waals surface area contributed by atoms with Crippen molar-refractivity contribution in [2.24, 2.45) is 5.14 Å². The molecule has 0 aliphatic heterocycles. The lowest BCUT2D eigenvalue weighted by Crippen LogP contribution is -1.86. The fraction of sp³-hybridized carbons (Fsp3) is 0.300. The Hall–Kier alpha value is -0.980. The van der Waals surface area contributed by atoms with Gasteiger partial charge in [0.05, 0.1) is 5.56 Å². The molecule has 0 amide bonds. The highest BCUT2D eigenvalue weighted by atomic mass is 32.2. The van der Waals surface area contributed by atoms with Crippen molar-refractivity contribution >= 4 is 11.9 Å². The first-order valence-electron chi connectivity index (χ1n) is 4.12. The molecule has 1 heterocycles. The number of hydrogen-bond donors (Lipinski definition) is 1. The van der Waals surface area contributed by atoms with Crippen LogP contribution in [0.25, 0.3) is 0 Å². The van der Waals surface area contributed by atoms with Crippen molar-refractivity contribution in [3.05, 3.63) is 24.0 Å². The van der Waals surface area contributed by atoms with Crippen LogP contribution in [0.2, 0.25) is 0 Å². The second-order valence-electron chi connectivity index (χ2n) is 1.86. The zero-order valence-electron chi connectivity index (χ0n) is 8.16. The van der Waals surface area contributed by atoms with Crippen molar-refractivity contribution in [1.29, 1.82) is 0 Å². The van der Waals surface area contributed by atoms with E-state index in [2.05, 4.69) is 16.8 Å². The van der Waals surface area contributed by atoms with Crippen LogP contribution in [0, 0.1) is 11.8 Å². The molecule has 70 valence electrons. The summed E-state index contributed by atoms with van der Waals surface area (Å²) in [6.07, 6.45) is 3.42. The Labute approximate surface area is 84.1 Å². The number of hydrogen-bond acceptors (Lipinski definition) is 3. The first kappa shape index (κ1) is 12.0. The molecule has 1 rings (SSSR count). The van der Waals surface area contributed by atoms with Crippen LogP contribution in [-0.2, 0) is 0 Å². The molecule has 1 aromatic rings. The number of pyridine rings is 1. The maximum absolute atomic E-state index is 5.40. The van der Waals surface area contributed by atoms with Crippen LogP contribution in [-0.4, -0.2) is 4.98 Å². The van der Waals surface area contributed by atoms with Crippen LogP contribution in [0.3, 0.4) is 0 Å². The van der Waals surface area contributed by atoms with Gasteiger partial charge in [-0.05, 0) is 24.9 Å². The molecule has 3 heteroatoms. The first-order valence-corrected chi connectivity index (χ1v) is 5.00. The SMILES string of the molecule is CC.CC#Cc1cnccc1SN. The third kappa shape index (κ3) is 3.97. The van der Waals surface area contributed by atoms with E-state index < -0.39 is 0 Å². The zero-order valence-corrected chi connectivity index (χ0v) is 8.98. The number of aromatic nitrogens is 1. The van der Waals surface area contributed by atoms with Crippen molar-refractivity contribution in [3.63, 3.8) is 0 Å². The smallest absolute Gasteiger partial charge is 0.0577 e. The van der Waals surface area contributed by atoms with Crippen LogP contribution in [0.4, 0.5) is 0 Å². The third-order valence-corrected chi connectivity index (χ3v) is 1.78. The third-order valence-electron chi connectivity index (χ3n) is 1.17. The predicted octanol–water partition coefficient (Wildman–Crippen LogP) is 2.45. The quantitative estimate of drug-likeness (QED) is 0.551. The van der Waals surface area contributed by atoms with Crippen molar-refractivity contribution in [1.82, 2.24) is 4.98 Å². The van der Waals surface area contributed by atoms with Crippen molar-refractivity contribution < 1.29 is 0 Å². The molecular weight excluding hydrogens is 180 g/mol. The highest BCUT2D eigenvalue weighted by Crippen LogP contribution is 2.14. The molecule has 0 aromatic carbocycles. The largest absolute Gasteiger partial charge is 0.274 e. The predicted molar refractivity (Wildman–Crippen MR) is 58.2 cm³/mol. The van der Waals surface area contributed by atoms with Gasteiger partial charge in [0.2, 0.25) is 0 Å². The van der Waals surface area contributed by atoms with E-state index in [1.807, 2.05) is 19.9 Å². The molecule has 13 heavy (non-hydrogen) atoms. The van der Waals surface area contributed by atoms with E-state index in [4.69, 9.17) is 5.14 Å². The van der Waals surface area contributed by atoms with Gasteiger partial charge in [0.1, 0.15) is 0 Å². The summed E-state index contributed by atoms with van der Waals surface area (Å²) in [6.45, 7) is 5.79. The average molecular weight is 194 g/mol. The Bertz CT molecular complexity index is 299. The van der Waals surface area contributed by atoms with E-state index in [1.165, 1.54) is 11.9 Å². The Kier molecular flexibility index (Phi) is 7.08. The summed E-state index contributed by atoms with van der Waals surface area (Å²) in [5.74, 6) is 5.71. The standard InChI is InChI=1S/C8H8N2S.C2H6/c1-2-3-7-6-10-5-4-8(7)11-9;1-2/h4-6H,9H2,1H3;1-2H3. The fourth-order valence-corrected chi connectivity index (χ4v) is 1.08. The van der Waals surface area contributed by atoms with Crippen molar-refractivity contribution in [2.45, 2.75) is 25.7 Å². The van der Waals surface area contributed by atoms with Crippen LogP contribution in [0.15, 0.2) is 23.4 Å². The molecule has 0 aliphatic carbocycles. The minimum atomic E-state index is 0.891. The molecular formula is C10H14N2S. The molecule has 0 bridgehead atoms. The Morgan fingerprint density at radius 2 is 2.15 bits per heavy atom. The molecule has 1 aromatic heterocycles. The summed E-state index contributed by atoms with van der Waals surface area (Å²) in [5, 5.41) is 5.40. The maximum atomic E-state index is 5.40. The van der Waals surface area contributed by atoms with Gasteiger partial charge in [-0.25, -0.2) is 0 Å². The van der Waals surface area contributed by atoms with Crippen LogP contribution in [0.5, 0.6) is 0 Å². The minimum Gasteiger partial charge on any atom is -0.274 e. The van der Waals surface area contributed by atoms with Crippen molar-refractivity contribution in [2.75, 3.05) is 0 Å². The second kappa shape index (κ2) is 7.66. The van der Waals surface area contributed by atoms with E-state index in [-0.39, 0.29) is 0 Å². The van der Waals surface area contributed by atoms with Crippen molar-refractivity contribution in [3.8, 4) is 11.8 Å². The highest BCUT2D eigenvalue weighted by molar-refractivity contribution is 7.97. The summed E-state index contributed by atoms with van der Waals surface area (Å²) >= 11 is 1.19. The van der Waals surface area contributed by atoms with Gasteiger partial charge in [0.15, 0.2) is 0 Å². The molecule has 2 N–H and O–H groups in total. The summed E-state index contributed by atoms with van der Waals surface area (Å²) in [7, 11) is 0. The molecule has 0 spiro atoms. The summed E-state index contributed by atoms with van der Waals surface area (Å²) in [4.78, 5) is 4.91. The Morgan fingerprint density at radius 3 is 2.69 bits per heavy atom. The van der Waals surface area contributed by atoms with Gasteiger partial charge in [0, 0.05) is 17.3 Å². The van der Waals surface area contributed by atoms with Gasteiger partial charge >= 0.3 is 0 Å². The second-order valence-corrected chi connectivity index (χ2v) is 2.54. The monoisotopic (exact) mass is 194 g/mol. The van der Waals surface area contributed by atoms with Gasteiger partial charge in [-0.1, -0.05) is 19.8 Å². The molecule has 0 saturated heterocycles. The van der Waals surface area contributed by atoms with Gasteiger partial charge in [0.25, 0.3) is 0 Å². The molecule has 0 fully saturated rings. The molecule has 0 saturated carbocycles. The zero-order chi connectivity index (χ0) is 10.1. The minimum absolute atomic E-state index is 0.891. The molecule has 0 unspecified atom stereocenters. The first-order chi connectivity index (χ1) is 6.38. The highest BCUT2D eigenvalue weighted by Gasteiger charge is 1.95. The summed E-state index contributed by atoms with van der Waals surface area (Å²) < 4.78 is 0. The van der Waals surface area contributed by atoms with E-state index in [9.17, 15) is 0 Å². The molecule has 0 aliphatic rings. The maximum Gasteiger partial charge on any atom is 0.0577 e. The number of nitrogens with zero attached hydrogens (tertiary/aromatic N) is 1. The van der Waals surface area contributed by atoms with Crippen LogP contribution >= 0.6 is 11.9 Å². The lowest BCUT2D eigenvalue weighted by Gasteiger charge is -1.96. The fourth-order valence-electron chi connectivity index (χ4n) is 0.713. The van der Waals surface area contributed by atoms with Gasteiger partial charge in [-0.2, -0.15) is 0 Å². The van der Waals surface area contributed by atoms with E-state index >= 15 is 0 Å². The topological polar surface area (TPSA) is 38.9 Å². The Balaban J connectivity index is 0.000000671.